The quantitative estimate of drug-likeness (QED) is 0.287. The van der Waals surface area contributed by atoms with Crippen molar-refractivity contribution in [2.45, 2.75) is 18.9 Å². The molecule has 34 heavy (non-hydrogen) atoms. The number of H-pyrrole nitrogens is 2. The number of aromatic amines is 2. The zero-order valence-electron chi connectivity index (χ0n) is 18.6. The number of nitrogens with one attached hydrogen (secondary N) is 3. The van der Waals surface area contributed by atoms with Gasteiger partial charge in [0, 0.05) is 28.2 Å². The molecule has 0 aliphatic heterocycles. The summed E-state index contributed by atoms with van der Waals surface area (Å²) in [4.78, 5) is 15.9. The van der Waals surface area contributed by atoms with Crippen molar-refractivity contribution in [1.29, 1.82) is 5.26 Å². The number of nitriles is 1. The van der Waals surface area contributed by atoms with Gasteiger partial charge in [-0.2, -0.15) is 10.4 Å². The van der Waals surface area contributed by atoms with E-state index in [0.29, 0.717) is 17.7 Å². The topological polar surface area (TPSA) is 107 Å². The molecule has 0 fully saturated rings. The number of nitrogens with zero attached hydrogens (tertiary/aromatic N) is 2. The number of aromatic nitrogens is 3. The van der Waals surface area contributed by atoms with Crippen LogP contribution in [0.3, 0.4) is 0 Å². The van der Waals surface area contributed by atoms with E-state index in [1.807, 2.05) is 54.7 Å². The largest absolute Gasteiger partial charge is 0.465 e. The summed E-state index contributed by atoms with van der Waals surface area (Å²) in [6.45, 7) is 0. The van der Waals surface area contributed by atoms with Gasteiger partial charge in [-0.15, -0.1) is 0 Å². The second-order valence-electron chi connectivity index (χ2n) is 8.15. The first-order valence-electron chi connectivity index (χ1n) is 11.0. The lowest BCUT2D eigenvalue weighted by Crippen LogP contribution is -2.20. The summed E-state index contributed by atoms with van der Waals surface area (Å²) in [5.74, 6) is -0.456. The van der Waals surface area contributed by atoms with Gasteiger partial charge >= 0.3 is 5.97 Å². The first-order chi connectivity index (χ1) is 16.7. The highest BCUT2D eigenvalue weighted by Gasteiger charge is 2.17. The van der Waals surface area contributed by atoms with Crippen molar-refractivity contribution in [3.05, 3.63) is 84.2 Å². The Labute approximate surface area is 196 Å². The van der Waals surface area contributed by atoms with Crippen LogP contribution in [0.2, 0.25) is 0 Å². The van der Waals surface area contributed by atoms with E-state index in [9.17, 15) is 10.1 Å². The van der Waals surface area contributed by atoms with Crippen molar-refractivity contribution >= 4 is 33.5 Å². The predicted molar refractivity (Wildman–Crippen MR) is 133 cm³/mol. The van der Waals surface area contributed by atoms with E-state index in [0.717, 1.165) is 44.9 Å². The third-order valence-electron chi connectivity index (χ3n) is 6.06. The molecule has 3 N–H and O–H groups in total. The van der Waals surface area contributed by atoms with Crippen molar-refractivity contribution in [2.24, 2.45) is 0 Å². The molecule has 0 amide bonds. The zero-order chi connectivity index (χ0) is 23.5. The standard InChI is InChI=1S/C27H23N5O2/c1-34-27(33)23-13-18(17-7-10-24-20(12-17)16-30-32-24)8-11-26(23)31-21(14-28)9-6-19-15-29-25-5-3-2-4-22(19)25/h2-5,7-8,10-13,15-16,21,29,31H,6,9H2,1H3,(H,30,32). The van der Waals surface area contributed by atoms with Crippen LogP contribution >= 0.6 is 0 Å². The molecule has 2 heterocycles. The summed E-state index contributed by atoms with van der Waals surface area (Å²) in [5, 5.41) is 22.2. The van der Waals surface area contributed by atoms with Crippen LogP contribution in [0.25, 0.3) is 32.9 Å². The number of anilines is 1. The molecule has 168 valence electrons. The molecule has 0 bridgehead atoms. The monoisotopic (exact) mass is 449 g/mol. The van der Waals surface area contributed by atoms with Gasteiger partial charge in [-0.1, -0.05) is 30.3 Å². The predicted octanol–water partition coefficient (Wildman–Crippen LogP) is 5.43. The Morgan fingerprint density at radius 2 is 1.94 bits per heavy atom. The molecule has 0 saturated carbocycles. The number of hydrogen-bond acceptors (Lipinski definition) is 5. The Balaban J connectivity index is 1.39. The smallest absolute Gasteiger partial charge is 0.339 e. The Kier molecular flexibility index (Phi) is 5.71. The van der Waals surface area contributed by atoms with Crippen LogP contribution in [0, 0.1) is 11.3 Å². The van der Waals surface area contributed by atoms with E-state index in [1.54, 1.807) is 12.3 Å². The van der Waals surface area contributed by atoms with Crippen molar-refractivity contribution in [3.8, 4) is 17.2 Å². The summed E-state index contributed by atoms with van der Waals surface area (Å²) in [5.41, 5.74) is 5.99. The molecule has 5 rings (SSSR count). The molecule has 2 aromatic heterocycles. The maximum absolute atomic E-state index is 12.6. The molecule has 7 heteroatoms. The molecule has 3 aromatic carbocycles. The van der Waals surface area contributed by atoms with Crippen LogP contribution in [0.15, 0.2) is 73.1 Å². The summed E-state index contributed by atoms with van der Waals surface area (Å²) in [7, 11) is 1.36. The molecular weight excluding hydrogens is 426 g/mol. The van der Waals surface area contributed by atoms with Gasteiger partial charge in [-0.3, -0.25) is 5.10 Å². The highest BCUT2D eigenvalue weighted by atomic mass is 16.5. The van der Waals surface area contributed by atoms with E-state index in [4.69, 9.17) is 4.74 Å². The van der Waals surface area contributed by atoms with Gasteiger partial charge in [0.05, 0.1) is 30.5 Å². The number of benzene rings is 3. The van der Waals surface area contributed by atoms with Crippen molar-refractivity contribution in [1.82, 2.24) is 15.2 Å². The number of hydrogen-bond donors (Lipinski definition) is 3. The minimum absolute atomic E-state index is 0.389. The Morgan fingerprint density at radius 3 is 2.79 bits per heavy atom. The van der Waals surface area contributed by atoms with Gasteiger partial charge in [-0.25, -0.2) is 4.79 Å². The van der Waals surface area contributed by atoms with Gasteiger partial charge in [-0.05, 0) is 59.9 Å². The number of ether oxygens (including phenoxy) is 1. The fourth-order valence-corrected chi connectivity index (χ4v) is 4.25. The van der Waals surface area contributed by atoms with Gasteiger partial charge in [0.1, 0.15) is 6.04 Å². The third kappa shape index (κ3) is 4.09. The molecule has 1 unspecified atom stereocenters. The molecule has 7 nitrogen and oxygen atoms in total. The Bertz CT molecular complexity index is 1530. The minimum Gasteiger partial charge on any atom is -0.465 e. The van der Waals surface area contributed by atoms with Crippen molar-refractivity contribution < 1.29 is 9.53 Å². The van der Waals surface area contributed by atoms with Crippen LogP contribution in [-0.2, 0) is 11.2 Å². The maximum Gasteiger partial charge on any atom is 0.339 e. The van der Waals surface area contributed by atoms with E-state index in [1.165, 1.54) is 7.11 Å². The van der Waals surface area contributed by atoms with E-state index >= 15 is 0 Å². The van der Waals surface area contributed by atoms with Crippen molar-refractivity contribution in [2.75, 3.05) is 12.4 Å². The summed E-state index contributed by atoms with van der Waals surface area (Å²) in [6, 6.07) is 21.5. The molecule has 5 aromatic rings. The second-order valence-corrected chi connectivity index (χ2v) is 8.15. The van der Waals surface area contributed by atoms with Gasteiger partial charge in [0.2, 0.25) is 0 Å². The number of methoxy groups -OCH3 is 1. The van der Waals surface area contributed by atoms with E-state index in [2.05, 4.69) is 32.6 Å². The zero-order valence-corrected chi connectivity index (χ0v) is 18.6. The summed E-state index contributed by atoms with van der Waals surface area (Å²) in [6.07, 6.45) is 5.08. The number of carbonyl (C=O) groups is 1. The van der Waals surface area contributed by atoms with Crippen LogP contribution in [0.4, 0.5) is 5.69 Å². The van der Waals surface area contributed by atoms with Gasteiger partial charge in [0.15, 0.2) is 0 Å². The third-order valence-corrected chi connectivity index (χ3v) is 6.06. The molecule has 0 aliphatic carbocycles. The van der Waals surface area contributed by atoms with Gasteiger partial charge < -0.3 is 15.0 Å². The number of para-hydroxylation sites is 1. The second kappa shape index (κ2) is 9.12. The van der Waals surface area contributed by atoms with Crippen LogP contribution in [0.1, 0.15) is 22.3 Å². The van der Waals surface area contributed by atoms with Gasteiger partial charge in [0.25, 0.3) is 0 Å². The first-order valence-corrected chi connectivity index (χ1v) is 11.0. The van der Waals surface area contributed by atoms with Crippen LogP contribution < -0.4 is 5.32 Å². The number of aryl methyl sites for hydroxylation is 1. The molecule has 0 saturated heterocycles. The Hall–Kier alpha value is -4.57. The lowest BCUT2D eigenvalue weighted by atomic mass is 9.99. The van der Waals surface area contributed by atoms with Crippen LogP contribution in [-0.4, -0.2) is 34.3 Å². The number of fused-ring (bicyclic) bond motifs is 2. The highest BCUT2D eigenvalue weighted by Crippen LogP contribution is 2.29. The average molecular weight is 450 g/mol. The molecular formula is C27H23N5O2. The minimum atomic E-state index is -0.467. The average Bonchev–Trinajstić information content (AvgIpc) is 3.52. The van der Waals surface area contributed by atoms with Crippen molar-refractivity contribution in [3.63, 3.8) is 0 Å². The maximum atomic E-state index is 12.6. The lowest BCUT2D eigenvalue weighted by Gasteiger charge is -2.16. The fourth-order valence-electron chi connectivity index (χ4n) is 4.25. The highest BCUT2D eigenvalue weighted by molar-refractivity contribution is 5.97. The summed E-state index contributed by atoms with van der Waals surface area (Å²) >= 11 is 0. The lowest BCUT2D eigenvalue weighted by molar-refractivity contribution is 0.0602. The number of carbonyl (C=O) groups excluding carboxylic acids is 1. The molecule has 0 radical (unpaired) electrons. The summed E-state index contributed by atoms with van der Waals surface area (Å²) < 4.78 is 5.03. The molecule has 0 spiro atoms. The van der Waals surface area contributed by atoms with E-state index in [-0.39, 0.29) is 0 Å². The molecule has 1 atom stereocenters. The normalized spacial score (nSPS) is 11.9. The number of rotatable bonds is 7. The van der Waals surface area contributed by atoms with Crippen LogP contribution in [0.5, 0.6) is 0 Å². The van der Waals surface area contributed by atoms with E-state index < -0.39 is 12.0 Å². The molecule has 0 aliphatic rings. The Morgan fingerprint density at radius 1 is 1.12 bits per heavy atom. The number of esters is 1. The fraction of sp³-hybridized carbons (Fsp3) is 0.148. The first kappa shape index (κ1) is 21.3. The SMILES string of the molecule is COC(=O)c1cc(-c2ccc3[nH]ncc3c2)ccc1NC(C#N)CCc1c[nH]c2ccccc12.